The van der Waals surface area contributed by atoms with Gasteiger partial charge in [0, 0.05) is 13.0 Å². The van der Waals surface area contributed by atoms with Crippen LogP contribution in [0, 0.1) is 0 Å². The van der Waals surface area contributed by atoms with E-state index in [9.17, 15) is 14.3 Å². The molecule has 0 aromatic carbocycles. The van der Waals surface area contributed by atoms with Gasteiger partial charge in [-0.2, -0.15) is 0 Å². The summed E-state index contributed by atoms with van der Waals surface area (Å²) in [4.78, 5) is 22.7. The van der Waals surface area contributed by atoms with E-state index in [0.29, 0.717) is 24.1 Å². The van der Waals surface area contributed by atoms with Gasteiger partial charge in [-0.15, -0.1) is 0 Å². The molecule has 284 valence electrons. The molecule has 0 rings (SSSR count). The minimum absolute atomic E-state index is 0.0889. The molecule has 0 aliphatic rings. The lowest BCUT2D eigenvalue weighted by atomic mass is 10.1. The molecule has 2 atom stereocenters. The first-order chi connectivity index (χ1) is 23.1. The van der Waals surface area contributed by atoms with Crippen molar-refractivity contribution in [2.45, 2.75) is 168 Å². The zero-order chi connectivity index (χ0) is 35.6. The van der Waals surface area contributed by atoms with E-state index in [1.165, 1.54) is 103 Å². The molecule has 0 aliphatic heterocycles. The standard InChI is InChI=1S/C39H76NO7P/c1-6-8-10-12-14-15-16-17-18-19-20-21-22-23-24-25-26-28-30-32-39(41)47-38(36-44-34-31-29-27-13-11-9-7-2)37-46-48(42,43)45-35-33-40(3,4)5/h14-15,17-18,38H,6-13,16,19-37H2,1-5H3/p+1/b15-14-,18-17-. The number of hydrogen-bond donors (Lipinski definition) is 1. The lowest BCUT2D eigenvalue weighted by molar-refractivity contribution is -0.870. The van der Waals surface area contributed by atoms with E-state index in [0.717, 1.165) is 38.5 Å². The number of esters is 1. The first kappa shape index (κ1) is 47.0. The Bertz CT molecular complexity index is 828. The number of rotatable bonds is 36. The second-order valence-electron chi connectivity index (χ2n) is 14.3. The number of carbonyl (C=O) groups is 1. The van der Waals surface area contributed by atoms with Crippen molar-refractivity contribution in [1.82, 2.24) is 0 Å². The van der Waals surface area contributed by atoms with Gasteiger partial charge in [0.2, 0.25) is 0 Å². The molecular formula is C39H77NO7P+. The van der Waals surface area contributed by atoms with Gasteiger partial charge >= 0.3 is 13.8 Å². The number of phosphoric ester groups is 1. The summed E-state index contributed by atoms with van der Waals surface area (Å²) in [6.07, 6.45) is 35.0. The normalized spacial score (nSPS) is 14.2. The minimum atomic E-state index is -4.26. The highest BCUT2D eigenvalue weighted by atomic mass is 31.2. The second-order valence-corrected chi connectivity index (χ2v) is 15.8. The van der Waals surface area contributed by atoms with Crippen molar-refractivity contribution in [3.8, 4) is 0 Å². The summed E-state index contributed by atoms with van der Waals surface area (Å²) in [5.41, 5.74) is 0. The van der Waals surface area contributed by atoms with Gasteiger partial charge in [-0.05, 0) is 44.9 Å². The second kappa shape index (κ2) is 33.1. The Morgan fingerprint density at radius 3 is 1.73 bits per heavy atom. The molecule has 8 nitrogen and oxygen atoms in total. The van der Waals surface area contributed by atoms with Crippen LogP contribution >= 0.6 is 7.82 Å². The molecule has 0 spiro atoms. The SMILES string of the molecule is CCCCC/C=C\C/C=C\CCCCCCCCCCCC(=O)OC(COCCCCCCCCC)COP(=O)(O)OCC[N+](C)(C)C. The topological polar surface area (TPSA) is 91.3 Å². The number of allylic oxidation sites excluding steroid dienone is 4. The molecule has 0 saturated carbocycles. The first-order valence-corrected chi connectivity index (χ1v) is 21.1. The molecule has 0 amide bonds. The summed E-state index contributed by atoms with van der Waals surface area (Å²) in [6, 6.07) is 0. The van der Waals surface area contributed by atoms with Crippen LogP contribution in [0.15, 0.2) is 24.3 Å². The maximum absolute atomic E-state index is 12.6. The van der Waals surface area contributed by atoms with Crippen molar-refractivity contribution >= 4 is 13.8 Å². The molecule has 48 heavy (non-hydrogen) atoms. The number of phosphoric acid groups is 1. The molecule has 0 aromatic heterocycles. The third kappa shape index (κ3) is 36.3. The summed E-state index contributed by atoms with van der Waals surface area (Å²) < 4.78 is 34.7. The zero-order valence-corrected chi connectivity index (χ0v) is 32.9. The number of ether oxygens (including phenoxy) is 2. The van der Waals surface area contributed by atoms with Crippen molar-refractivity contribution in [2.24, 2.45) is 0 Å². The Morgan fingerprint density at radius 2 is 1.15 bits per heavy atom. The van der Waals surface area contributed by atoms with Crippen molar-refractivity contribution in [2.75, 3.05) is 54.1 Å². The van der Waals surface area contributed by atoms with Gasteiger partial charge in [0.25, 0.3) is 0 Å². The third-order valence-corrected chi connectivity index (χ3v) is 9.25. The van der Waals surface area contributed by atoms with Crippen LogP contribution < -0.4 is 0 Å². The van der Waals surface area contributed by atoms with Gasteiger partial charge < -0.3 is 18.9 Å². The summed E-state index contributed by atoms with van der Waals surface area (Å²) in [6.45, 7) is 5.56. The average molecular weight is 703 g/mol. The molecular weight excluding hydrogens is 625 g/mol. The summed E-state index contributed by atoms with van der Waals surface area (Å²) >= 11 is 0. The highest BCUT2D eigenvalue weighted by Gasteiger charge is 2.26. The Labute approximate surface area is 296 Å². The van der Waals surface area contributed by atoms with Crippen LogP contribution in [0.2, 0.25) is 0 Å². The van der Waals surface area contributed by atoms with E-state index >= 15 is 0 Å². The predicted octanol–water partition coefficient (Wildman–Crippen LogP) is 10.9. The Morgan fingerprint density at radius 1 is 0.646 bits per heavy atom. The molecule has 2 unspecified atom stereocenters. The van der Waals surface area contributed by atoms with Crippen LogP contribution in [0.4, 0.5) is 0 Å². The average Bonchev–Trinajstić information content (AvgIpc) is 3.03. The van der Waals surface area contributed by atoms with Crippen LogP contribution in [0.1, 0.15) is 162 Å². The number of hydrogen-bond acceptors (Lipinski definition) is 6. The molecule has 0 saturated heterocycles. The van der Waals surface area contributed by atoms with Crippen molar-refractivity contribution in [3.05, 3.63) is 24.3 Å². The molecule has 1 N–H and O–H groups in total. The summed E-state index contributed by atoms with van der Waals surface area (Å²) in [5.74, 6) is -0.320. The first-order valence-electron chi connectivity index (χ1n) is 19.6. The number of likely N-dealkylation sites (N-methyl/N-ethyl adjacent to an activating group) is 1. The lowest BCUT2D eigenvalue weighted by Gasteiger charge is -2.24. The van der Waals surface area contributed by atoms with Crippen LogP contribution in [-0.2, 0) is 27.9 Å². The van der Waals surface area contributed by atoms with E-state index in [1.54, 1.807) is 0 Å². The number of quaternary nitrogens is 1. The minimum Gasteiger partial charge on any atom is -0.457 e. The van der Waals surface area contributed by atoms with Gasteiger partial charge in [0.05, 0.1) is 34.4 Å². The van der Waals surface area contributed by atoms with Crippen molar-refractivity contribution < 1.29 is 37.3 Å². The van der Waals surface area contributed by atoms with E-state index in [2.05, 4.69) is 38.2 Å². The van der Waals surface area contributed by atoms with Crippen molar-refractivity contribution in [1.29, 1.82) is 0 Å². The molecule has 0 radical (unpaired) electrons. The largest absolute Gasteiger partial charge is 0.472 e. The maximum Gasteiger partial charge on any atom is 0.472 e. The van der Waals surface area contributed by atoms with Crippen LogP contribution in [-0.4, -0.2) is 75.6 Å². The monoisotopic (exact) mass is 703 g/mol. The van der Waals surface area contributed by atoms with Crippen LogP contribution in [0.5, 0.6) is 0 Å². The Kier molecular flexibility index (Phi) is 32.4. The molecule has 0 aromatic rings. The number of carbonyl (C=O) groups excluding carboxylic acids is 1. The summed E-state index contributed by atoms with van der Waals surface area (Å²) in [5, 5.41) is 0. The molecule has 0 fully saturated rings. The predicted molar refractivity (Wildman–Crippen MR) is 201 cm³/mol. The van der Waals surface area contributed by atoms with Gasteiger partial charge in [0.15, 0.2) is 0 Å². The Hall–Kier alpha value is -1.02. The summed E-state index contributed by atoms with van der Waals surface area (Å²) in [7, 11) is 1.66. The maximum atomic E-state index is 12.6. The lowest BCUT2D eigenvalue weighted by Crippen LogP contribution is -2.37. The van der Waals surface area contributed by atoms with Gasteiger partial charge in [0.1, 0.15) is 19.3 Å². The molecule has 0 heterocycles. The molecule has 0 aliphatic carbocycles. The van der Waals surface area contributed by atoms with Gasteiger partial charge in [-0.1, -0.05) is 134 Å². The van der Waals surface area contributed by atoms with Gasteiger partial charge in [-0.25, -0.2) is 4.57 Å². The molecule has 0 bridgehead atoms. The van der Waals surface area contributed by atoms with E-state index < -0.39 is 13.9 Å². The fourth-order valence-electron chi connectivity index (χ4n) is 5.17. The van der Waals surface area contributed by atoms with E-state index in [-0.39, 0.29) is 25.8 Å². The number of unbranched alkanes of at least 4 members (excludes halogenated alkanes) is 18. The highest BCUT2D eigenvalue weighted by Crippen LogP contribution is 2.43. The third-order valence-electron chi connectivity index (χ3n) is 8.27. The number of nitrogens with zero attached hydrogens (tertiary/aromatic N) is 1. The smallest absolute Gasteiger partial charge is 0.457 e. The van der Waals surface area contributed by atoms with Crippen molar-refractivity contribution in [3.63, 3.8) is 0 Å². The van der Waals surface area contributed by atoms with Gasteiger partial charge in [-0.3, -0.25) is 13.8 Å². The van der Waals surface area contributed by atoms with Crippen LogP contribution in [0.3, 0.4) is 0 Å². The fourth-order valence-corrected chi connectivity index (χ4v) is 5.91. The van der Waals surface area contributed by atoms with E-state index in [1.807, 2.05) is 21.1 Å². The highest BCUT2D eigenvalue weighted by molar-refractivity contribution is 7.47. The van der Waals surface area contributed by atoms with Crippen LogP contribution in [0.25, 0.3) is 0 Å². The zero-order valence-electron chi connectivity index (χ0n) is 32.0. The Balaban J connectivity index is 4.16. The van der Waals surface area contributed by atoms with E-state index in [4.69, 9.17) is 18.5 Å². The fraction of sp³-hybridized carbons (Fsp3) is 0.872. The molecule has 9 heteroatoms. The quantitative estimate of drug-likeness (QED) is 0.0228.